The summed E-state index contributed by atoms with van der Waals surface area (Å²) in [7, 11) is 0. The highest BCUT2D eigenvalue weighted by Crippen LogP contribution is 2.23. The van der Waals surface area contributed by atoms with Gasteiger partial charge in [0, 0.05) is 17.0 Å². The van der Waals surface area contributed by atoms with Crippen LogP contribution in [0, 0.1) is 0 Å². The van der Waals surface area contributed by atoms with Gasteiger partial charge in [-0.15, -0.1) is 11.3 Å². The second-order valence-electron chi connectivity index (χ2n) is 4.47. The van der Waals surface area contributed by atoms with Crippen LogP contribution in [0.2, 0.25) is 0 Å². The van der Waals surface area contributed by atoms with E-state index < -0.39 is 5.97 Å². The molecule has 0 bridgehead atoms. The molecular weight excluding hydrogens is 298 g/mol. The molecule has 0 fully saturated rings. The molecule has 110 valence electrons. The summed E-state index contributed by atoms with van der Waals surface area (Å²) >= 11 is 1.53. The number of aromatic nitrogens is 1. The van der Waals surface area contributed by atoms with Crippen LogP contribution in [0.25, 0.3) is 16.6 Å². The molecule has 0 saturated heterocycles. The van der Waals surface area contributed by atoms with E-state index in [0.717, 1.165) is 16.3 Å². The fourth-order valence-corrected chi connectivity index (χ4v) is 2.63. The van der Waals surface area contributed by atoms with Crippen LogP contribution in [0.3, 0.4) is 0 Å². The molecule has 0 aliphatic rings. The summed E-state index contributed by atoms with van der Waals surface area (Å²) in [4.78, 5) is 16.1. The lowest BCUT2D eigenvalue weighted by Crippen LogP contribution is -2.00. The van der Waals surface area contributed by atoms with Gasteiger partial charge in [0.25, 0.3) is 0 Å². The van der Waals surface area contributed by atoms with Crippen LogP contribution >= 0.6 is 11.3 Å². The molecule has 0 aliphatic heterocycles. The third kappa shape index (κ3) is 3.71. The van der Waals surface area contributed by atoms with Crippen molar-refractivity contribution >= 4 is 23.4 Å². The van der Waals surface area contributed by atoms with E-state index in [2.05, 4.69) is 4.98 Å². The number of esters is 1. The van der Waals surface area contributed by atoms with Crippen LogP contribution in [0.4, 0.5) is 0 Å². The molecule has 3 rings (SSSR count). The lowest BCUT2D eigenvalue weighted by Gasteiger charge is -1.98. The normalized spacial score (nSPS) is 10.9. The van der Waals surface area contributed by atoms with Gasteiger partial charge in [0.15, 0.2) is 0 Å². The molecule has 0 saturated carbocycles. The Balaban J connectivity index is 1.56. The summed E-state index contributed by atoms with van der Waals surface area (Å²) in [5, 5.41) is 2.81. The van der Waals surface area contributed by atoms with E-state index >= 15 is 0 Å². The smallest absolute Gasteiger partial charge is 0.331 e. The lowest BCUT2D eigenvalue weighted by atomic mass is 10.2. The highest BCUT2D eigenvalue weighted by atomic mass is 32.1. The molecule has 5 heteroatoms. The Labute approximate surface area is 131 Å². The Morgan fingerprint density at radius 1 is 1.23 bits per heavy atom. The summed E-state index contributed by atoms with van der Waals surface area (Å²) in [6.45, 7) is 0.157. The molecule has 0 spiro atoms. The van der Waals surface area contributed by atoms with Crippen molar-refractivity contribution in [3.63, 3.8) is 0 Å². The molecule has 22 heavy (non-hydrogen) atoms. The van der Waals surface area contributed by atoms with Gasteiger partial charge in [-0.2, -0.15) is 0 Å². The van der Waals surface area contributed by atoms with Crippen molar-refractivity contribution in [2.45, 2.75) is 6.61 Å². The van der Waals surface area contributed by atoms with E-state index in [0.29, 0.717) is 5.76 Å². The summed E-state index contributed by atoms with van der Waals surface area (Å²) in [6.07, 6.45) is 4.45. The van der Waals surface area contributed by atoms with Crippen LogP contribution < -0.4 is 0 Å². The first-order valence-corrected chi connectivity index (χ1v) is 7.57. The fourth-order valence-electron chi connectivity index (χ4n) is 1.82. The van der Waals surface area contributed by atoms with Gasteiger partial charge in [0.05, 0.1) is 12.0 Å². The summed E-state index contributed by atoms with van der Waals surface area (Å²) in [5.74, 6) is 0.183. The Morgan fingerprint density at radius 3 is 2.86 bits per heavy atom. The van der Waals surface area contributed by atoms with Crippen LogP contribution in [-0.4, -0.2) is 11.0 Å². The first kappa shape index (κ1) is 14.3. The standard InChI is InChI=1S/C17H13NO3S/c19-16(9-8-15-7-4-10-20-15)21-11-14-12-22-17(18-14)13-5-2-1-3-6-13/h1-10,12H,11H2. The quantitative estimate of drug-likeness (QED) is 0.524. The van der Waals surface area contributed by atoms with E-state index in [1.165, 1.54) is 17.4 Å². The van der Waals surface area contributed by atoms with Gasteiger partial charge in [-0.25, -0.2) is 9.78 Å². The number of benzene rings is 1. The van der Waals surface area contributed by atoms with Crippen molar-refractivity contribution in [3.05, 3.63) is 71.6 Å². The minimum Gasteiger partial charge on any atom is -0.465 e. The van der Waals surface area contributed by atoms with Gasteiger partial charge >= 0.3 is 5.97 Å². The number of ether oxygens (including phenoxy) is 1. The predicted molar refractivity (Wildman–Crippen MR) is 85.1 cm³/mol. The maximum absolute atomic E-state index is 11.6. The first-order chi connectivity index (χ1) is 10.8. The van der Waals surface area contributed by atoms with Crippen LogP contribution in [0.1, 0.15) is 11.5 Å². The Bertz CT molecular complexity index is 760. The largest absolute Gasteiger partial charge is 0.465 e. The average molecular weight is 311 g/mol. The zero-order valence-corrected chi connectivity index (χ0v) is 12.5. The van der Waals surface area contributed by atoms with Gasteiger partial charge in [-0.05, 0) is 18.2 Å². The van der Waals surface area contributed by atoms with Crippen LogP contribution in [0.5, 0.6) is 0 Å². The molecule has 0 radical (unpaired) electrons. The van der Waals surface area contributed by atoms with Crippen molar-refractivity contribution < 1.29 is 13.9 Å². The monoisotopic (exact) mass is 311 g/mol. The average Bonchev–Trinajstić information content (AvgIpc) is 3.23. The minimum atomic E-state index is -0.425. The van der Waals surface area contributed by atoms with Gasteiger partial charge in [-0.1, -0.05) is 30.3 Å². The topological polar surface area (TPSA) is 52.3 Å². The van der Waals surface area contributed by atoms with Crippen LogP contribution in [0.15, 0.2) is 64.6 Å². The molecular formula is C17H13NO3S. The fraction of sp³-hybridized carbons (Fsp3) is 0.0588. The maximum atomic E-state index is 11.6. The van der Waals surface area contributed by atoms with Crippen LogP contribution in [-0.2, 0) is 16.1 Å². The molecule has 2 heterocycles. The molecule has 2 aromatic heterocycles. The number of hydrogen-bond acceptors (Lipinski definition) is 5. The minimum absolute atomic E-state index is 0.157. The molecule has 0 aliphatic carbocycles. The molecule has 3 aromatic rings. The Kier molecular flexibility index (Phi) is 4.46. The molecule has 0 unspecified atom stereocenters. The summed E-state index contributed by atoms with van der Waals surface area (Å²) in [5.41, 5.74) is 1.80. The van der Waals surface area contributed by atoms with E-state index in [-0.39, 0.29) is 6.61 Å². The maximum Gasteiger partial charge on any atom is 0.331 e. The number of nitrogens with zero attached hydrogens (tertiary/aromatic N) is 1. The number of furan rings is 1. The van der Waals surface area contributed by atoms with Gasteiger partial charge < -0.3 is 9.15 Å². The third-order valence-electron chi connectivity index (χ3n) is 2.86. The third-order valence-corrected chi connectivity index (χ3v) is 3.80. The zero-order valence-electron chi connectivity index (χ0n) is 11.6. The Morgan fingerprint density at radius 2 is 2.09 bits per heavy atom. The second-order valence-corrected chi connectivity index (χ2v) is 5.32. The van der Waals surface area contributed by atoms with E-state index in [1.54, 1.807) is 24.5 Å². The lowest BCUT2D eigenvalue weighted by molar-refractivity contribution is -0.139. The highest BCUT2D eigenvalue weighted by Gasteiger charge is 2.06. The van der Waals surface area contributed by atoms with Gasteiger partial charge in [0.2, 0.25) is 0 Å². The van der Waals surface area contributed by atoms with E-state index in [1.807, 2.05) is 35.7 Å². The van der Waals surface area contributed by atoms with Crippen molar-refractivity contribution in [1.82, 2.24) is 4.98 Å². The Hall–Kier alpha value is -2.66. The molecule has 0 N–H and O–H groups in total. The first-order valence-electron chi connectivity index (χ1n) is 6.69. The van der Waals surface area contributed by atoms with Gasteiger partial charge in [0.1, 0.15) is 17.4 Å². The number of hydrogen-bond donors (Lipinski definition) is 0. The molecule has 0 amide bonds. The highest BCUT2D eigenvalue weighted by molar-refractivity contribution is 7.13. The molecule has 0 atom stereocenters. The summed E-state index contributed by atoms with van der Waals surface area (Å²) in [6, 6.07) is 13.4. The van der Waals surface area contributed by atoms with Gasteiger partial charge in [-0.3, -0.25) is 0 Å². The van der Waals surface area contributed by atoms with E-state index in [4.69, 9.17) is 9.15 Å². The van der Waals surface area contributed by atoms with Crippen molar-refractivity contribution in [2.24, 2.45) is 0 Å². The zero-order chi connectivity index (χ0) is 15.2. The van der Waals surface area contributed by atoms with E-state index in [9.17, 15) is 4.79 Å². The number of carbonyl (C=O) groups excluding carboxylic acids is 1. The predicted octanol–water partition coefficient (Wildman–Crippen LogP) is 4.16. The molecule has 1 aromatic carbocycles. The SMILES string of the molecule is O=C(C=Cc1ccco1)OCc1csc(-c2ccccc2)n1. The van der Waals surface area contributed by atoms with Crippen molar-refractivity contribution in [1.29, 1.82) is 0 Å². The van der Waals surface area contributed by atoms with Crippen molar-refractivity contribution in [3.8, 4) is 10.6 Å². The second kappa shape index (κ2) is 6.87. The summed E-state index contributed by atoms with van der Waals surface area (Å²) < 4.78 is 10.2. The number of rotatable bonds is 5. The van der Waals surface area contributed by atoms with Crippen molar-refractivity contribution in [2.75, 3.05) is 0 Å². The number of thiazole rings is 1. The molecule has 4 nitrogen and oxygen atoms in total. The number of carbonyl (C=O) groups is 1.